The van der Waals surface area contributed by atoms with Crippen LogP contribution in [0.4, 0.5) is 0 Å². The highest BCUT2D eigenvalue weighted by atomic mass is 35.5. The Morgan fingerprint density at radius 2 is 1.90 bits per heavy atom. The molecule has 0 fully saturated rings. The fourth-order valence-electron chi connectivity index (χ4n) is 2.01. The number of benzene rings is 2. The standard InChI is InChI=1S/C16H14Cl2O2/c1-10-7-11(3-6-16(10)20-2)15(19)9-12-8-13(17)4-5-14(12)18/h3-8H,9H2,1-2H3. The van der Waals surface area contributed by atoms with Crippen molar-refractivity contribution in [2.45, 2.75) is 13.3 Å². The highest BCUT2D eigenvalue weighted by Gasteiger charge is 2.11. The lowest BCUT2D eigenvalue weighted by molar-refractivity contribution is 0.0993. The smallest absolute Gasteiger partial charge is 0.167 e. The van der Waals surface area contributed by atoms with Gasteiger partial charge in [-0.05, 0) is 54.4 Å². The number of carbonyl (C=O) groups is 1. The fourth-order valence-corrected chi connectivity index (χ4v) is 2.38. The van der Waals surface area contributed by atoms with Crippen molar-refractivity contribution < 1.29 is 9.53 Å². The molecule has 0 saturated heterocycles. The number of hydrogen-bond acceptors (Lipinski definition) is 2. The Hall–Kier alpha value is -1.51. The van der Waals surface area contributed by atoms with Gasteiger partial charge in [0.2, 0.25) is 0 Å². The van der Waals surface area contributed by atoms with Crippen LogP contribution >= 0.6 is 23.2 Å². The Kier molecular flexibility index (Phi) is 4.69. The fraction of sp³-hybridized carbons (Fsp3) is 0.188. The van der Waals surface area contributed by atoms with Crippen molar-refractivity contribution in [3.05, 3.63) is 63.1 Å². The van der Waals surface area contributed by atoms with E-state index in [0.717, 1.165) is 16.9 Å². The van der Waals surface area contributed by atoms with E-state index >= 15 is 0 Å². The molecule has 2 rings (SSSR count). The van der Waals surface area contributed by atoms with Crippen LogP contribution in [0.25, 0.3) is 0 Å². The number of halogens is 2. The lowest BCUT2D eigenvalue weighted by Gasteiger charge is -2.08. The van der Waals surface area contributed by atoms with Gasteiger partial charge in [0.15, 0.2) is 5.78 Å². The average Bonchev–Trinajstić information content (AvgIpc) is 2.42. The van der Waals surface area contributed by atoms with Crippen molar-refractivity contribution >= 4 is 29.0 Å². The van der Waals surface area contributed by atoms with Crippen LogP contribution in [-0.2, 0) is 6.42 Å². The Labute approximate surface area is 128 Å². The molecule has 0 radical (unpaired) electrons. The summed E-state index contributed by atoms with van der Waals surface area (Å²) in [5.41, 5.74) is 2.30. The number of carbonyl (C=O) groups excluding carboxylic acids is 1. The summed E-state index contributed by atoms with van der Waals surface area (Å²) in [6, 6.07) is 10.5. The summed E-state index contributed by atoms with van der Waals surface area (Å²) in [7, 11) is 1.61. The molecule has 0 atom stereocenters. The van der Waals surface area contributed by atoms with Crippen LogP contribution in [0.1, 0.15) is 21.5 Å². The van der Waals surface area contributed by atoms with Crippen molar-refractivity contribution in [2.75, 3.05) is 7.11 Å². The first-order valence-corrected chi connectivity index (χ1v) is 6.88. The Balaban J connectivity index is 2.24. The maximum Gasteiger partial charge on any atom is 0.167 e. The van der Waals surface area contributed by atoms with Gasteiger partial charge >= 0.3 is 0 Å². The van der Waals surface area contributed by atoms with Gasteiger partial charge in [0.25, 0.3) is 0 Å². The van der Waals surface area contributed by atoms with E-state index in [1.165, 1.54) is 0 Å². The Bertz CT molecular complexity index is 651. The second-order valence-corrected chi connectivity index (χ2v) is 5.36. The molecule has 0 unspecified atom stereocenters. The normalized spacial score (nSPS) is 10.4. The molecule has 0 aliphatic carbocycles. The van der Waals surface area contributed by atoms with E-state index in [2.05, 4.69) is 0 Å². The second-order valence-electron chi connectivity index (χ2n) is 4.52. The SMILES string of the molecule is COc1ccc(C(=O)Cc2cc(Cl)ccc2Cl)cc1C. The predicted octanol–water partition coefficient (Wildman–Crippen LogP) is 4.74. The van der Waals surface area contributed by atoms with Crippen molar-refractivity contribution in [1.29, 1.82) is 0 Å². The monoisotopic (exact) mass is 308 g/mol. The summed E-state index contributed by atoms with van der Waals surface area (Å²) in [6.07, 6.45) is 0.227. The van der Waals surface area contributed by atoms with Gasteiger partial charge in [-0.25, -0.2) is 0 Å². The largest absolute Gasteiger partial charge is 0.496 e. The number of ether oxygens (including phenoxy) is 1. The summed E-state index contributed by atoms with van der Waals surface area (Å²) < 4.78 is 5.18. The third kappa shape index (κ3) is 3.33. The number of rotatable bonds is 4. The van der Waals surface area contributed by atoms with E-state index in [4.69, 9.17) is 27.9 Å². The van der Waals surface area contributed by atoms with Crippen LogP contribution in [0.3, 0.4) is 0 Å². The molecule has 0 amide bonds. The first-order valence-electron chi connectivity index (χ1n) is 6.13. The van der Waals surface area contributed by atoms with Crippen molar-refractivity contribution in [2.24, 2.45) is 0 Å². The van der Waals surface area contributed by atoms with Gasteiger partial charge in [-0.3, -0.25) is 4.79 Å². The molecule has 104 valence electrons. The minimum atomic E-state index is -0.0000743. The van der Waals surface area contributed by atoms with Gasteiger partial charge in [0.05, 0.1) is 7.11 Å². The van der Waals surface area contributed by atoms with Crippen LogP contribution in [-0.4, -0.2) is 12.9 Å². The van der Waals surface area contributed by atoms with Gasteiger partial charge in [0, 0.05) is 22.0 Å². The summed E-state index contributed by atoms with van der Waals surface area (Å²) in [5, 5.41) is 1.12. The highest BCUT2D eigenvalue weighted by molar-refractivity contribution is 6.33. The summed E-state index contributed by atoms with van der Waals surface area (Å²) in [4.78, 5) is 12.3. The molecule has 0 N–H and O–H groups in total. The number of Topliss-reactive ketones (excluding diaryl/α,β-unsaturated/α-hetero) is 1. The molecule has 0 spiro atoms. The summed E-state index contributed by atoms with van der Waals surface area (Å²) >= 11 is 12.0. The Morgan fingerprint density at radius 1 is 1.15 bits per heavy atom. The number of hydrogen-bond donors (Lipinski definition) is 0. The molecule has 0 heterocycles. The van der Waals surface area contributed by atoms with Gasteiger partial charge in [0.1, 0.15) is 5.75 Å². The highest BCUT2D eigenvalue weighted by Crippen LogP contribution is 2.24. The molecule has 2 nitrogen and oxygen atoms in total. The van der Waals surface area contributed by atoms with Gasteiger partial charge in [-0.2, -0.15) is 0 Å². The molecule has 0 aromatic heterocycles. The lowest BCUT2D eigenvalue weighted by Crippen LogP contribution is -2.05. The van der Waals surface area contributed by atoms with E-state index in [0.29, 0.717) is 15.6 Å². The van der Waals surface area contributed by atoms with E-state index < -0.39 is 0 Å². The zero-order valence-corrected chi connectivity index (χ0v) is 12.8. The minimum Gasteiger partial charge on any atom is -0.496 e. The molecular formula is C16H14Cl2O2. The van der Waals surface area contributed by atoms with Crippen LogP contribution < -0.4 is 4.74 Å². The Morgan fingerprint density at radius 3 is 2.55 bits per heavy atom. The van der Waals surface area contributed by atoms with Gasteiger partial charge in [-0.1, -0.05) is 23.2 Å². The molecule has 0 bridgehead atoms. The van der Waals surface area contributed by atoms with Crippen molar-refractivity contribution in [1.82, 2.24) is 0 Å². The third-order valence-electron chi connectivity index (χ3n) is 3.08. The second kappa shape index (κ2) is 6.29. The maximum absolute atomic E-state index is 12.3. The van der Waals surface area contributed by atoms with Crippen LogP contribution in [0.5, 0.6) is 5.75 Å². The molecule has 2 aromatic carbocycles. The van der Waals surface area contributed by atoms with Gasteiger partial charge < -0.3 is 4.74 Å². The minimum absolute atomic E-state index is 0.0000743. The summed E-state index contributed by atoms with van der Waals surface area (Å²) in [6.45, 7) is 1.90. The number of ketones is 1. The molecule has 0 aliphatic rings. The first kappa shape index (κ1) is 14.9. The lowest BCUT2D eigenvalue weighted by atomic mass is 10.0. The molecular weight excluding hydrogens is 295 g/mol. The van der Waals surface area contributed by atoms with Crippen molar-refractivity contribution in [3.8, 4) is 5.75 Å². The topological polar surface area (TPSA) is 26.3 Å². The maximum atomic E-state index is 12.3. The van der Waals surface area contributed by atoms with E-state index in [9.17, 15) is 4.79 Å². The molecule has 4 heteroatoms. The van der Waals surface area contributed by atoms with E-state index in [1.54, 1.807) is 37.4 Å². The van der Waals surface area contributed by atoms with E-state index in [1.807, 2.05) is 13.0 Å². The number of methoxy groups -OCH3 is 1. The van der Waals surface area contributed by atoms with Crippen LogP contribution in [0.2, 0.25) is 10.0 Å². The molecule has 0 aliphatic heterocycles. The quantitative estimate of drug-likeness (QED) is 0.763. The predicted molar refractivity (Wildman–Crippen MR) is 82.2 cm³/mol. The summed E-state index contributed by atoms with van der Waals surface area (Å²) in [5.74, 6) is 0.766. The zero-order valence-electron chi connectivity index (χ0n) is 11.2. The number of aryl methyl sites for hydroxylation is 1. The van der Waals surface area contributed by atoms with Crippen LogP contribution in [0, 0.1) is 6.92 Å². The van der Waals surface area contributed by atoms with Crippen LogP contribution in [0.15, 0.2) is 36.4 Å². The first-order chi connectivity index (χ1) is 9.51. The third-order valence-corrected chi connectivity index (χ3v) is 3.68. The molecule has 0 saturated carbocycles. The molecule has 2 aromatic rings. The zero-order chi connectivity index (χ0) is 14.7. The van der Waals surface area contributed by atoms with Gasteiger partial charge in [-0.15, -0.1) is 0 Å². The average molecular weight is 309 g/mol. The molecule has 20 heavy (non-hydrogen) atoms. The van der Waals surface area contributed by atoms with E-state index in [-0.39, 0.29) is 12.2 Å². The van der Waals surface area contributed by atoms with Crippen molar-refractivity contribution in [3.63, 3.8) is 0 Å².